The molecule has 0 aromatic carbocycles. The van der Waals surface area contributed by atoms with Gasteiger partial charge in [-0.3, -0.25) is 4.98 Å². The lowest BCUT2D eigenvalue weighted by atomic mass is 10.2. The highest BCUT2D eigenvalue weighted by molar-refractivity contribution is 5.89. The van der Waals surface area contributed by atoms with Crippen molar-refractivity contribution in [1.82, 2.24) is 4.98 Å². The van der Waals surface area contributed by atoms with Crippen LogP contribution in [-0.4, -0.2) is 22.6 Å². The van der Waals surface area contributed by atoms with Gasteiger partial charge in [0.1, 0.15) is 0 Å². The molecule has 0 unspecified atom stereocenters. The van der Waals surface area contributed by atoms with Crippen molar-refractivity contribution in [3.63, 3.8) is 0 Å². The Morgan fingerprint density at radius 3 is 3.00 bits per heavy atom. The van der Waals surface area contributed by atoms with E-state index in [9.17, 15) is 5.11 Å². The van der Waals surface area contributed by atoms with Gasteiger partial charge < -0.3 is 10.2 Å². The Balaban J connectivity index is 2.18. The van der Waals surface area contributed by atoms with Gasteiger partial charge in [-0.05, 0) is 30.1 Å². The maximum Gasteiger partial charge on any atom is 0.205 e. The molecular formula is C14H15N3O2. The van der Waals surface area contributed by atoms with Crippen molar-refractivity contribution >= 4 is 5.90 Å². The molecule has 2 heterocycles. The van der Waals surface area contributed by atoms with Crippen molar-refractivity contribution < 1.29 is 14.9 Å². The van der Waals surface area contributed by atoms with E-state index in [1.54, 1.807) is 30.7 Å². The topological polar surface area (TPSA) is 72.4 Å². The maximum atomic E-state index is 11.9. The molecule has 0 saturated heterocycles. The summed E-state index contributed by atoms with van der Waals surface area (Å²) in [6, 6.07) is 7.14. The third-order valence-electron chi connectivity index (χ3n) is 2.59. The monoisotopic (exact) mass is 257 g/mol. The minimum atomic E-state index is -0.336. The summed E-state index contributed by atoms with van der Waals surface area (Å²) in [5.41, 5.74) is 1.48. The van der Waals surface area contributed by atoms with Gasteiger partial charge in [0, 0.05) is 36.2 Å². The van der Waals surface area contributed by atoms with Crippen LogP contribution in [0.4, 0.5) is 0 Å². The van der Waals surface area contributed by atoms with E-state index in [4.69, 9.17) is 5.11 Å². The van der Waals surface area contributed by atoms with Gasteiger partial charge in [-0.2, -0.15) is 0 Å². The number of aromatic nitrogens is 2. The second-order valence-corrected chi connectivity index (χ2v) is 4.07. The van der Waals surface area contributed by atoms with Crippen LogP contribution in [0, 0.1) is 0 Å². The summed E-state index contributed by atoms with van der Waals surface area (Å²) >= 11 is 0. The summed E-state index contributed by atoms with van der Waals surface area (Å²) in [6.07, 6.45) is 8.04. The molecule has 0 fully saturated rings. The first-order chi connectivity index (χ1) is 9.29. The molecule has 19 heavy (non-hydrogen) atoms. The molecule has 0 aliphatic carbocycles. The average Bonchev–Trinajstić information content (AvgIpc) is 2.46. The second-order valence-electron chi connectivity index (χ2n) is 4.07. The molecule has 2 rings (SSSR count). The first-order valence-corrected chi connectivity index (χ1v) is 6.07. The highest BCUT2D eigenvalue weighted by Crippen LogP contribution is 1.99. The molecule has 1 N–H and O–H groups in total. The minimum Gasteiger partial charge on any atom is -0.854 e. The summed E-state index contributed by atoms with van der Waals surface area (Å²) in [7, 11) is 0. The predicted octanol–water partition coefficient (Wildman–Crippen LogP) is -0.136. The Morgan fingerprint density at radius 1 is 1.37 bits per heavy atom. The smallest absolute Gasteiger partial charge is 0.205 e. The second kappa shape index (κ2) is 6.61. The molecule has 0 atom stereocenters. The third kappa shape index (κ3) is 3.86. The van der Waals surface area contributed by atoms with E-state index >= 15 is 0 Å². The lowest BCUT2D eigenvalue weighted by molar-refractivity contribution is -0.681. The highest BCUT2D eigenvalue weighted by atomic mass is 16.3. The first kappa shape index (κ1) is 13.2. The normalized spacial score (nSPS) is 11.5. The fourth-order valence-corrected chi connectivity index (χ4v) is 1.66. The zero-order chi connectivity index (χ0) is 13.5. The van der Waals surface area contributed by atoms with Crippen LogP contribution in [0.1, 0.15) is 17.5 Å². The van der Waals surface area contributed by atoms with Crippen LogP contribution in [0.2, 0.25) is 0 Å². The van der Waals surface area contributed by atoms with Gasteiger partial charge in [0.05, 0.1) is 5.90 Å². The zero-order valence-corrected chi connectivity index (χ0v) is 10.4. The van der Waals surface area contributed by atoms with Gasteiger partial charge in [0.2, 0.25) is 12.4 Å². The standard InChI is InChI=1S/C14H15N3O2/c18-9-3-5-12-4-2-8-17(11-12)16-14(19)13-6-1-7-15-10-13/h1-2,4,6-8,10-11,18H,3,5,9H2. The Labute approximate surface area is 111 Å². The minimum absolute atomic E-state index is 0.153. The average molecular weight is 257 g/mol. The number of pyridine rings is 2. The molecule has 5 nitrogen and oxygen atoms in total. The fraction of sp³-hybridized carbons (Fsp3) is 0.214. The van der Waals surface area contributed by atoms with Crippen molar-refractivity contribution in [2.75, 3.05) is 6.61 Å². The quantitative estimate of drug-likeness (QED) is 0.460. The molecule has 0 spiro atoms. The Kier molecular flexibility index (Phi) is 4.58. The molecule has 98 valence electrons. The summed E-state index contributed by atoms with van der Waals surface area (Å²) in [4.78, 5) is 3.89. The molecule has 0 bridgehead atoms. The van der Waals surface area contributed by atoms with Crippen molar-refractivity contribution in [2.45, 2.75) is 12.8 Å². The van der Waals surface area contributed by atoms with E-state index < -0.39 is 0 Å². The van der Waals surface area contributed by atoms with Crippen LogP contribution in [0.3, 0.4) is 0 Å². The molecule has 0 radical (unpaired) electrons. The van der Waals surface area contributed by atoms with Gasteiger partial charge in [0.25, 0.3) is 0 Å². The fourth-order valence-electron chi connectivity index (χ4n) is 1.66. The van der Waals surface area contributed by atoms with Crippen LogP contribution in [0.5, 0.6) is 0 Å². The zero-order valence-electron chi connectivity index (χ0n) is 10.4. The van der Waals surface area contributed by atoms with E-state index in [1.165, 1.54) is 10.9 Å². The maximum absolute atomic E-state index is 11.9. The number of nitrogens with zero attached hydrogens (tertiary/aromatic N) is 3. The van der Waals surface area contributed by atoms with Gasteiger partial charge >= 0.3 is 0 Å². The number of aliphatic hydroxyl groups is 1. The number of aliphatic hydroxyl groups excluding tert-OH is 1. The van der Waals surface area contributed by atoms with Crippen LogP contribution in [0.25, 0.3) is 0 Å². The van der Waals surface area contributed by atoms with E-state index in [0.29, 0.717) is 12.0 Å². The van der Waals surface area contributed by atoms with E-state index in [-0.39, 0.29) is 12.5 Å². The van der Waals surface area contributed by atoms with Crippen molar-refractivity contribution in [3.05, 3.63) is 60.2 Å². The number of aryl methyl sites for hydroxylation is 1. The lowest BCUT2D eigenvalue weighted by Crippen LogP contribution is -2.33. The van der Waals surface area contributed by atoms with Crippen LogP contribution in [0.15, 0.2) is 54.2 Å². The highest BCUT2D eigenvalue weighted by Gasteiger charge is 2.02. The van der Waals surface area contributed by atoms with Gasteiger partial charge in [-0.25, -0.2) is 0 Å². The van der Waals surface area contributed by atoms with E-state index in [2.05, 4.69) is 10.1 Å². The first-order valence-electron chi connectivity index (χ1n) is 6.07. The van der Waals surface area contributed by atoms with Crippen molar-refractivity contribution in [1.29, 1.82) is 0 Å². The van der Waals surface area contributed by atoms with E-state index in [1.807, 2.05) is 12.1 Å². The van der Waals surface area contributed by atoms with Gasteiger partial charge in [-0.15, -0.1) is 0 Å². The number of hydrogen-bond acceptors (Lipinski definition) is 4. The lowest BCUT2D eigenvalue weighted by Gasteiger charge is -2.05. The predicted molar refractivity (Wildman–Crippen MR) is 68.2 cm³/mol. The molecule has 0 amide bonds. The van der Waals surface area contributed by atoms with Crippen molar-refractivity contribution in [3.8, 4) is 0 Å². The Morgan fingerprint density at radius 2 is 2.26 bits per heavy atom. The molecule has 0 aliphatic heterocycles. The summed E-state index contributed by atoms with van der Waals surface area (Å²) in [5.74, 6) is -0.336. The summed E-state index contributed by atoms with van der Waals surface area (Å²) in [5, 5.41) is 24.6. The summed E-state index contributed by atoms with van der Waals surface area (Å²) < 4.78 is 1.49. The molecule has 5 heteroatoms. The van der Waals surface area contributed by atoms with Crippen LogP contribution < -0.4 is 9.78 Å². The molecule has 2 aromatic rings. The summed E-state index contributed by atoms with van der Waals surface area (Å²) in [6.45, 7) is 0.153. The van der Waals surface area contributed by atoms with Crippen LogP contribution in [-0.2, 0) is 6.42 Å². The molecule has 2 aromatic heterocycles. The third-order valence-corrected chi connectivity index (χ3v) is 2.59. The van der Waals surface area contributed by atoms with Gasteiger partial charge in [0.15, 0.2) is 0 Å². The van der Waals surface area contributed by atoms with E-state index in [0.717, 1.165) is 12.0 Å². The van der Waals surface area contributed by atoms with Gasteiger partial charge in [-0.1, -0.05) is 10.7 Å². The SMILES string of the molecule is [O-]/C(=N\[n+]1cccc(CCCO)c1)c1cccnc1. The number of rotatable bonds is 5. The molecular weight excluding hydrogens is 242 g/mol. The molecule has 0 saturated carbocycles. The van der Waals surface area contributed by atoms with Crippen LogP contribution >= 0.6 is 0 Å². The Bertz CT molecular complexity index is 556. The Hall–Kier alpha value is -2.27. The number of hydrogen-bond donors (Lipinski definition) is 1. The largest absolute Gasteiger partial charge is 0.854 e. The molecule has 0 aliphatic rings. The van der Waals surface area contributed by atoms with Crippen molar-refractivity contribution in [2.24, 2.45) is 5.10 Å².